The first kappa shape index (κ1) is 18.5. The molecular formula is C23H28N4O. The smallest absolute Gasteiger partial charge is 0.317 e. The Morgan fingerprint density at radius 2 is 1.79 bits per heavy atom. The van der Waals surface area contributed by atoms with Gasteiger partial charge in [0.05, 0.1) is 11.0 Å². The Morgan fingerprint density at radius 3 is 2.57 bits per heavy atom. The van der Waals surface area contributed by atoms with Crippen molar-refractivity contribution < 1.29 is 4.79 Å². The van der Waals surface area contributed by atoms with Crippen LogP contribution < -0.4 is 5.32 Å². The van der Waals surface area contributed by atoms with Gasteiger partial charge in [-0.2, -0.15) is 0 Å². The van der Waals surface area contributed by atoms with Crippen LogP contribution in [0.15, 0.2) is 54.6 Å². The summed E-state index contributed by atoms with van der Waals surface area (Å²) >= 11 is 0. The maximum absolute atomic E-state index is 12.4. The Morgan fingerprint density at radius 1 is 1.07 bits per heavy atom. The molecule has 5 nitrogen and oxygen atoms in total. The van der Waals surface area contributed by atoms with Crippen molar-refractivity contribution in [1.29, 1.82) is 0 Å². The summed E-state index contributed by atoms with van der Waals surface area (Å²) < 4.78 is 2.33. The van der Waals surface area contributed by atoms with E-state index >= 15 is 0 Å². The number of hydrogen-bond donors (Lipinski definition) is 1. The highest BCUT2D eigenvalue weighted by Gasteiger charge is 2.23. The van der Waals surface area contributed by atoms with Crippen molar-refractivity contribution in [1.82, 2.24) is 19.8 Å². The molecule has 0 bridgehead atoms. The molecule has 0 saturated carbocycles. The number of carbonyl (C=O) groups excluding carboxylic acids is 1. The number of benzene rings is 2. The molecule has 2 aromatic carbocycles. The number of carbonyl (C=O) groups is 1. The molecule has 1 fully saturated rings. The topological polar surface area (TPSA) is 50.2 Å². The van der Waals surface area contributed by atoms with Crippen molar-refractivity contribution in [2.24, 2.45) is 5.92 Å². The van der Waals surface area contributed by atoms with Crippen molar-refractivity contribution in [3.63, 3.8) is 0 Å². The Bertz CT molecular complexity index is 926. The Balaban J connectivity index is 1.26. The van der Waals surface area contributed by atoms with E-state index in [-0.39, 0.29) is 6.03 Å². The molecule has 3 aromatic rings. The number of nitrogens with zero attached hydrogens (tertiary/aromatic N) is 3. The summed E-state index contributed by atoms with van der Waals surface area (Å²) in [4.78, 5) is 19.1. The molecule has 0 atom stereocenters. The van der Waals surface area contributed by atoms with E-state index in [1.807, 2.05) is 29.2 Å². The maximum Gasteiger partial charge on any atom is 0.317 e. The number of fused-ring (bicyclic) bond motifs is 1. The van der Waals surface area contributed by atoms with Crippen molar-refractivity contribution in [2.45, 2.75) is 32.7 Å². The number of rotatable bonds is 5. The fraction of sp³-hybridized carbons (Fsp3) is 0.391. The normalized spacial score (nSPS) is 15.1. The predicted octanol–water partition coefficient (Wildman–Crippen LogP) is 4.01. The molecule has 1 aromatic heterocycles. The zero-order valence-corrected chi connectivity index (χ0v) is 16.5. The van der Waals surface area contributed by atoms with Gasteiger partial charge in [-0.05, 0) is 49.8 Å². The van der Waals surface area contributed by atoms with Crippen LogP contribution in [0.3, 0.4) is 0 Å². The molecular weight excluding hydrogens is 348 g/mol. The van der Waals surface area contributed by atoms with E-state index in [0.29, 0.717) is 12.5 Å². The average Bonchev–Trinajstić information content (AvgIpc) is 3.04. The number of urea groups is 1. The van der Waals surface area contributed by atoms with Gasteiger partial charge >= 0.3 is 6.03 Å². The number of piperidine rings is 1. The number of para-hydroxylation sites is 2. The average molecular weight is 377 g/mol. The van der Waals surface area contributed by atoms with E-state index in [1.165, 1.54) is 11.1 Å². The Hall–Kier alpha value is -2.82. The zero-order chi connectivity index (χ0) is 19.3. The van der Waals surface area contributed by atoms with Gasteiger partial charge in [-0.3, -0.25) is 0 Å². The monoisotopic (exact) mass is 376 g/mol. The molecule has 1 aliphatic rings. The predicted molar refractivity (Wildman–Crippen MR) is 112 cm³/mol. The molecule has 28 heavy (non-hydrogen) atoms. The third-order valence-corrected chi connectivity index (χ3v) is 5.72. The van der Waals surface area contributed by atoms with E-state index < -0.39 is 0 Å². The number of aromatic nitrogens is 2. The highest BCUT2D eigenvalue weighted by molar-refractivity contribution is 5.76. The zero-order valence-electron chi connectivity index (χ0n) is 16.5. The lowest BCUT2D eigenvalue weighted by molar-refractivity contribution is 0.166. The van der Waals surface area contributed by atoms with E-state index in [4.69, 9.17) is 0 Å². The molecule has 146 valence electrons. The van der Waals surface area contributed by atoms with Crippen molar-refractivity contribution in [3.05, 3.63) is 66.0 Å². The highest BCUT2D eigenvalue weighted by atomic mass is 16.2. The van der Waals surface area contributed by atoms with E-state index in [1.54, 1.807) is 0 Å². The number of aryl methyl sites for hydroxylation is 1. The summed E-state index contributed by atoms with van der Waals surface area (Å²) in [6.45, 7) is 5.40. The lowest BCUT2D eigenvalue weighted by Crippen LogP contribution is -2.45. The molecule has 0 spiro atoms. The Kier molecular flexibility index (Phi) is 5.60. The molecule has 0 aliphatic carbocycles. The number of imidazole rings is 1. The van der Waals surface area contributed by atoms with Gasteiger partial charge in [-0.15, -0.1) is 0 Å². The van der Waals surface area contributed by atoms with Crippen LogP contribution in [0, 0.1) is 12.8 Å². The molecule has 0 unspecified atom stereocenters. The quantitative estimate of drug-likeness (QED) is 0.731. The summed E-state index contributed by atoms with van der Waals surface area (Å²) in [6.07, 6.45) is 2.95. The third kappa shape index (κ3) is 4.19. The van der Waals surface area contributed by atoms with Gasteiger partial charge in [-0.1, -0.05) is 42.5 Å². The highest BCUT2D eigenvalue weighted by Crippen LogP contribution is 2.23. The van der Waals surface area contributed by atoms with Gasteiger partial charge in [0.25, 0.3) is 0 Å². The van der Waals surface area contributed by atoms with Crippen LogP contribution in [-0.4, -0.2) is 40.1 Å². The van der Waals surface area contributed by atoms with Crippen LogP contribution in [0.25, 0.3) is 11.0 Å². The third-order valence-electron chi connectivity index (χ3n) is 5.72. The van der Waals surface area contributed by atoms with Crippen molar-refractivity contribution in [3.8, 4) is 0 Å². The molecule has 4 rings (SSSR count). The van der Waals surface area contributed by atoms with Crippen LogP contribution in [0.4, 0.5) is 4.79 Å². The lowest BCUT2D eigenvalue weighted by atomic mass is 9.97. The number of nitrogens with one attached hydrogen (secondary N) is 1. The molecule has 1 N–H and O–H groups in total. The molecule has 5 heteroatoms. The van der Waals surface area contributed by atoms with Crippen LogP contribution in [0.1, 0.15) is 24.2 Å². The number of amides is 2. The van der Waals surface area contributed by atoms with Gasteiger partial charge in [0.1, 0.15) is 5.82 Å². The molecule has 2 heterocycles. The van der Waals surface area contributed by atoms with E-state index in [0.717, 1.165) is 50.2 Å². The van der Waals surface area contributed by atoms with Gasteiger partial charge < -0.3 is 14.8 Å². The molecule has 1 aliphatic heterocycles. The SMILES string of the molecule is Cc1nc2ccccc2n1CC1CCN(C(=O)NCCc2ccccc2)CC1. The van der Waals surface area contributed by atoms with Gasteiger partial charge in [0.15, 0.2) is 0 Å². The summed E-state index contributed by atoms with van der Waals surface area (Å²) in [7, 11) is 0. The van der Waals surface area contributed by atoms with Crippen LogP contribution in [-0.2, 0) is 13.0 Å². The minimum atomic E-state index is 0.0682. The van der Waals surface area contributed by atoms with Crippen molar-refractivity contribution >= 4 is 17.1 Å². The largest absolute Gasteiger partial charge is 0.338 e. The fourth-order valence-corrected chi connectivity index (χ4v) is 4.07. The minimum Gasteiger partial charge on any atom is -0.338 e. The van der Waals surface area contributed by atoms with Crippen molar-refractivity contribution in [2.75, 3.05) is 19.6 Å². The maximum atomic E-state index is 12.4. The second-order valence-corrected chi connectivity index (χ2v) is 7.66. The van der Waals surface area contributed by atoms with E-state index in [9.17, 15) is 4.79 Å². The van der Waals surface area contributed by atoms with Gasteiger partial charge in [0, 0.05) is 26.2 Å². The first-order valence-electron chi connectivity index (χ1n) is 10.2. The Labute approximate surface area is 166 Å². The first-order valence-corrected chi connectivity index (χ1v) is 10.2. The summed E-state index contributed by atoms with van der Waals surface area (Å²) in [5, 5.41) is 3.07. The minimum absolute atomic E-state index is 0.0682. The summed E-state index contributed by atoms with van der Waals surface area (Å²) in [6, 6.07) is 18.7. The number of likely N-dealkylation sites (tertiary alicyclic amines) is 1. The molecule has 1 saturated heterocycles. The van der Waals surface area contributed by atoms with Crippen LogP contribution in [0.5, 0.6) is 0 Å². The molecule has 0 radical (unpaired) electrons. The standard InChI is InChI=1S/C23H28N4O/c1-18-25-21-9-5-6-10-22(21)27(18)17-20-12-15-26(16-13-20)23(28)24-14-11-19-7-3-2-4-8-19/h2-10,20H,11-17H2,1H3,(H,24,28). The van der Waals surface area contributed by atoms with E-state index in [2.05, 4.69) is 52.1 Å². The van der Waals surface area contributed by atoms with Gasteiger partial charge in [0.2, 0.25) is 0 Å². The fourth-order valence-electron chi connectivity index (χ4n) is 4.07. The lowest BCUT2D eigenvalue weighted by Gasteiger charge is -2.32. The second kappa shape index (κ2) is 8.46. The second-order valence-electron chi connectivity index (χ2n) is 7.66. The van der Waals surface area contributed by atoms with Crippen LogP contribution >= 0.6 is 0 Å². The summed E-state index contributed by atoms with van der Waals surface area (Å²) in [5.74, 6) is 1.66. The van der Waals surface area contributed by atoms with Gasteiger partial charge in [-0.25, -0.2) is 9.78 Å². The summed E-state index contributed by atoms with van der Waals surface area (Å²) in [5.41, 5.74) is 3.53. The van der Waals surface area contributed by atoms with Crippen LogP contribution in [0.2, 0.25) is 0 Å². The number of hydrogen-bond acceptors (Lipinski definition) is 2. The molecule has 2 amide bonds. The first-order chi connectivity index (χ1) is 13.7.